The van der Waals surface area contributed by atoms with Crippen LogP contribution in [0.1, 0.15) is 76.2 Å². The summed E-state index contributed by atoms with van der Waals surface area (Å²) in [6.07, 6.45) is 17.7. The number of hydrogen-bond acceptors (Lipinski definition) is 5. The van der Waals surface area contributed by atoms with Gasteiger partial charge in [-0.3, -0.25) is 14.5 Å². The quantitative estimate of drug-likeness (QED) is 0.399. The summed E-state index contributed by atoms with van der Waals surface area (Å²) < 4.78 is 6.63. The number of likely N-dealkylation sites (tertiary alicyclic amines) is 1. The number of piperidine rings is 1. The second kappa shape index (κ2) is 12.7. The number of amides is 2. The number of nitrogens with zero attached hydrogens (tertiary/aromatic N) is 3. The zero-order chi connectivity index (χ0) is 27.2. The highest BCUT2D eigenvalue weighted by molar-refractivity contribution is 9.10. The molecule has 1 atom stereocenters. The van der Waals surface area contributed by atoms with E-state index >= 15 is 0 Å². The number of allylic oxidation sites excluding steroid dienone is 3. The van der Waals surface area contributed by atoms with Gasteiger partial charge in [0, 0.05) is 24.1 Å². The molecule has 2 N–H and O–H groups in total. The molecule has 1 saturated heterocycles. The molecular weight excluding hydrogens is 556 g/mol. The summed E-state index contributed by atoms with van der Waals surface area (Å²) in [6, 6.07) is 7.98. The van der Waals surface area contributed by atoms with Crippen LogP contribution >= 0.6 is 15.9 Å². The van der Waals surface area contributed by atoms with Crippen molar-refractivity contribution in [2.45, 2.75) is 76.2 Å². The van der Waals surface area contributed by atoms with Crippen molar-refractivity contribution in [3.8, 4) is 0 Å². The Kier molecular flexibility index (Phi) is 9.10. The number of benzene rings is 1. The van der Waals surface area contributed by atoms with Crippen LogP contribution in [-0.4, -0.2) is 53.8 Å². The normalized spacial score (nSPS) is 24.6. The Morgan fingerprint density at radius 3 is 2.62 bits per heavy atom. The molecule has 1 aromatic carbocycles. The monoisotopic (exact) mass is 596 g/mol. The molecule has 0 spiro atoms. The Morgan fingerprint density at radius 1 is 1.10 bits per heavy atom. The molecule has 2 amide bonds. The Bertz CT molecular complexity index is 1130. The lowest BCUT2D eigenvalue weighted by molar-refractivity contribution is -0.137. The molecule has 2 fully saturated rings. The standard InChI is InChI=1S/C31H41BrN4O3/c32-26-11-7-10-25(20-26)31(17-14-23-8-3-1-4-9-23)29(38)36(30(33)34-31)21-24-15-18-35(19-16-24)28(37)22-39-27-12-5-2-6-13-27/h5,7,10-13,20,23-24H,1-4,6,8-9,14-19,21-22H2,(H2,33,34). The number of carbonyl (C=O) groups excluding carboxylic acids is 2. The van der Waals surface area contributed by atoms with Crippen LogP contribution in [0.4, 0.5) is 0 Å². The van der Waals surface area contributed by atoms with Gasteiger partial charge in [-0.2, -0.15) is 0 Å². The average molecular weight is 598 g/mol. The number of aliphatic imine (C=N–C) groups is 1. The van der Waals surface area contributed by atoms with Crippen molar-refractivity contribution in [2.24, 2.45) is 22.6 Å². The van der Waals surface area contributed by atoms with Crippen LogP contribution in [0.15, 0.2) is 57.7 Å². The second-order valence-corrected chi connectivity index (χ2v) is 12.4. The van der Waals surface area contributed by atoms with E-state index in [1.54, 1.807) is 4.90 Å². The van der Waals surface area contributed by atoms with Crippen molar-refractivity contribution in [3.63, 3.8) is 0 Å². The number of nitrogens with two attached hydrogens (primary N) is 1. The van der Waals surface area contributed by atoms with Gasteiger partial charge in [-0.25, -0.2) is 4.99 Å². The summed E-state index contributed by atoms with van der Waals surface area (Å²) in [6.45, 7) is 1.95. The molecule has 5 rings (SSSR count). The largest absolute Gasteiger partial charge is 0.484 e. The van der Waals surface area contributed by atoms with Gasteiger partial charge in [0.05, 0.1) is 0 Å². The Balaban J connectivity index is 1.20. The molecule has 0 radical (unpaired) electrons. The topological polar surface area (TPSA) is 88.2 Å². The van der Waals surface area contributed by atoms with Crippen molar-refractivity contribution >= 4 is 33.7 Å². The number of ether oxygens (including phenoxy) is 1. The van der Waals surface area contributed by atoms with Gasteiger partial charge in [0.2, 0.25) is 0 Å². The van der Waals surface area contributed by atoms with E-state index in [0.29, 0.717) is 37.9 Å². The number of hydrogen-bond donors (Lipinski definition) is 1. The van der Waals surface area contributed by atoms with Crippen molar-refractivity contribution < 1.29 is 14.3 Å². The van der Waals surface area contributed by atoms with Gasteiger partial charge in [0.25, 0.3) is 11.8 Å². The van der Waals surface area contributed by atoms with Crippen molar-refractivity contribution in [3.05, 3.63) is 58.3 Å². The SMILES string of the molecule is NC1=NC(CCC2CCCCC2)(c2cccc(Br)c2)C(=O)N1CC1CCN(C(=O)COC2=CCCC=C2)CC1. The molecule has 1 aromatic rings. The third-order valence-corrected chi connectivity index (χ3v) is 9.35. The second-order valence-electron chi connectivity index (χ2n) is 11.5. The summed E-state index contributed by atoms with van der Waals surface area (Å²) in [4.78, 5) is 35.3. The van der Waals surface area contributed by atoms with E-state index in [9.17, 15) is 9.59 Å². The molecular formula is C31H41BrN4O3. The van der Waals surface area contributed by atoms with Crippen molar-refractivity contribution in [1.82, 2.24) is 9.80 Å². The predicted octanol–water partition coefficient (Wildman–Crippen LogP) is 5.65. The number of guanidine groups is 1. The summed E-state index contributed by atoms with van der Waals surface area (Å²) in [5.41, 5.74) is 6.44. The molecule has 0 bridgehead atoms. The van der Waals surface area contributed by atoms with Gasteiger partial charge in [-0.1, -0.05) is 66.2 Å². The minimum Gasteiger partial charge on any atom is -0.484 e. The third kappa shape index (κ3) is 6.59. The van der Waals surface area contributed by atoms with Crippen molar-refractivity contribution in [2.75, 3.05) is 26.2 Å². The van der Waals surface area contributed by atoms with E-state index in [1.165, 1.54) is 32.1 Å². The zero-order valence-electron chi connectivity index (χ0n) is 22.8. The Morgan fingerprint density at radius 2 is 1.90 bits per heavy atom. The first-order valence-electron chi connectivity index (χ1n) is 14.7. The van der Waals surface area contributed by atoms with Gasteiger partial charge >= 0.3 is 0 Å². The van der Waals surface area contributed by atoms with Crippen LogP contribution in [0, 0.1) is 11.8 Å². The zero-order valence-corrected chi connectivity index (χ0v) is 24.4. The van der Waals surface area contributed by atoms with E-state index in [-0.39, 0.29) is 24.3 Å². The maximum atomic E-state index is 14.1. The molecule has 2 aliphatic heterocycles. The maximum Gasteiger partial charge on any atom is 0.261 e. The molecule has 1 unspecified atom stereocenters. The highest BCUT2D eigenvalue weighted by Crippen LogP contribution is 2.41. The summed E-state index contributed by atoms with van der Waals surface area (Å²) in [7, 11) is 0. The molecule has 1 saturated carbocycles. The molecule has 2 heterocycles. The lowest BCUT2D eigenvalue weighted by Crippen LogP contribution is -2.48. The van der Waals surface area contributed by atoms with Crippen molar-refractivity contribution in [1.29, 1.82) is 0 Å². The fourth-order valence-electron chi connectivity index (χ4n) is 6.49. The molecule has 0 aromatic heterocycles. The van der Waals surface area contributed by atoms with Crippen LogP contribution < -0.4 is 5.73 Å². The van der Waals surface area contributed by atoms with Crippen LogP contribution in [0.25, 0.3) is 0 Å². The maximum absolute atomic E-state index is 14.1. The first-order valence-corrected chi connectivity index (χ1v) is 15.4. The van der Waals surface area contributed by atoms with Gasteiger partial charge in [-0.15, -0.1) is 0 Å². The molecule has 2 aliphatic carbocycles. The van der Waals surface area contributed by atoms with Crippen LogP contribution in [0.5, 0.6) is 0 Å². The smallest absolute Gasteiger partial charge is 0.261 e. The fraction of sp³-hybridized carbons (Fsp3) is 0.581. The number of rotatable bonds is 9. The number of halogens is 1. The number of carbonyl (C=O) groups is 2. The van der Waals surface area contributed by atoms with Crippen LogP contribution in [0.3, 0.4) is 0 Å². The van der Waals surface area contributed by atoms with Gasteiger partial charge in [0.15, 0.2) is 18.1 Å². The molecule has 210 valence electrons. The van der Waals surface area contributed by atoms with E-state index in [2.05, 4.69) is 22.0 Å². The summed E-state index contributed by atoms with van der Waals surface area (Å²) >= 11 is 3.59. The first kappa shape index (κ1) is 27.9. The minimum atomic E-state index is -0.957. The summed E-state index contributed by atoms with van der Waals surface area (Å²) in [5, 5.41) is 0. The molecule has 8 heteroatoms. The highest BCUT2D eigenvalue weighted by atomic mass is 79.9. The van der Waals surface area contributed by atoms with E-state index in [1.807, 2.05) is 41.3 Å². The van der Waals surface area contributed by atoms with Crippen LogP contribution in [-0.2, 0) is 19.9 Å². The molecule has 4 aliphatic rings. The lowest BCUT2D eigenvalue weighted by atomic mass is 9.79. The minimum absolute atomic E-state index is 0.00498. The molecule has 7 nitrogen and oxygen atoms in total. The van der Waals surface area contributed by atoms with E-state index < -0.39 is 5.54 Å². The van der Waals surface area contributed by atoms with Gasteiger partial charge in [-0.05, 0) is 80.2 Å². The first-order chi connectivity index (χ1) is 18.9. The Labute approximate surface area is 240 Å². The highest BCUT2D eigenvalue weighted by Gasteiger charge is 2.49. The van der Waals surface area contributed by atoms with E-state index in [0.717, 1.165) is 47.9 Å². The predicted molar refractivity (Wildman–Crippen MR) is 157 cm³/mol. The fourth-order valence-corrected chi connectivity index (χ4v) is 6.89. The Hall–Kier alpha value is -2.61. The van der Waals surface area contributed by atoms with E-state index in [4.69, 9.17) is 15.5 Å². The van der Waals surface area contributed by atoms with Gasteiger partial charge < -0.3 is 15.4 Å². The molecule has 39 heavy (non-hydrogen) atoms. The van der Waals surface area contributed by atoms with Gasteiger partial charge in [0.1, 0.15) is 5.76 Å². The third-order valence-electron chi connectivity index (χ3n) is 8.85. The lowest BCUT2D eigenvalue weighted by Gasteiger charge is -2.34. The van der Waals surface area contributed by atoms with Crippen LogP contribution in [0.2, 0.25) is 0 Å². The summed E-state index contributed by atoms with van der Waals surface area (Å²) in [5.74, 6) is 2.04. The average Bonchev–Trinajstić information content (AvgIpc) is 3.21.